The quantitative estimate of drug-likeness (QED) is 0.842. The molecule has 0 saturated carbocycles. The van der Waals surface area contributed by atoms with Crippen LogP contribution in [0.25, 0.3) is 0 Å². The van der Waals surface area contributed by atoms with Crippen molar-refractivity contribution >= 4 is 15.9 Å². The topological polar surface area (TPSA) is 12.5 Å². The number of ether oxygens (including phenoxy) is 1. The van der Waals surface area contributed by atoms with Gasteiger partial charge in [-0.05, 0) is 35.7 Å². The highest BCUT2D eigenvalue weighted by atomic mass is 79.9. The van der Waals surface area contributed by atoms with Gasteiger partial charge in [0.1, 0.15) is 12.4 Å². The minimum absolute atomic E-state index is 0.740. The molecule has 0 bridgehead atoms. The SMILES string of the molecule is Brc1cccc2c1CN(CCOc1ccccc1)CC2. The molecule has 0 fully saturated rings. The Balaban J connectivity index is 1.54. The molecule has 3 heteroatoms. The van der Waals surface area contributed by atoms with E-state index in [0.717, 1.165) is 38.4 Å². The lowest BCUT2D eigenvalue weighted by Gasteiger charge is -2.29. The number of rotatable bonds is 4. The van der Waals surface area contributed by atoms with Crippen LogP contribution in [-0.4, -0.2) is 24.6 Å². The van der Waals surface area contributed by atoms with Crippen molar-refractivity contribution in [3.8, 4) is 5.75 Å². The smallest absolute Gasteiger partial charge is 0.119 e. The van der Waals surface area contributed by atoms with Crippen molar-refractivity contribution in [2.45, 2.75) is 13.0 Å². The van der Waals surface area contributed by atoms with Crippen LogP contribution in [0.1, 0.15) is 11.1 Å². The lowest BCUT2D eigenvalue weighted by atomic mass is 10.00. The molecule has 0 saturated heterocycles. The standard InChI is InChI=1S/C17H18BrNO/c18-17-8-4-5-14-9-10-19(13-16(14)17)11-12-20-15-6-2-1-3-7-15/h1-8H,9-13H2. The van der Waals surface area contributed by atoms with E-state index in [4.69, 9.17) is 4.74 Å². The Labute approximate surface area is 128 Å². The molecule has 0 atom stereocenters. The average Bonchev–Trinajstić information content (AvgIpc) is 2.49. The molecule has 0 aliphatic carbocycles. The van der Waals surface area contributed by atoms with Gasteiger partial charge in [-0.1, -0.05) is 46.3 Å². The van der Waals surface area contributed by atoms with Crippen LogP contribution in [0, 0.1) is 0 Å². The van der Waals surface area contributed by atoms with Gasteiger partial charge in [-0.15, -0.1) is 0 Å². The van der Waals surface area contributed by atoms with E-state index in [-0.39, 0.29) is 0 Å². The summed E-state index contributed by atoms with van der Waals surface area (Å²) in [4.78, 5) is 2.45. The third-order valence-corrected chi connectivity index (χ3v) is 4.46. The molecule has 0 unspecified atom stereocenters. The zero-order valence-corrected chi connectivity index (χ0v) is 13.0. The monoisotopic (exact) mass is 331 g/mol. The van der Waals surface area contributed by atoms with E-state index < -0.39 is 0 Å². The summed E-state index contributed by atoms with van der Waals surface area (Å²) in [7, 11) is 0. The van der Waals surface area contributed by atoms with Crippen molar-refractivity contribution in [2.24, 2.45) is 0 Å². The molecule has 2 aromatic carbocycles. The van der Waals surface area contributed by atoms with E-state index in [2.05, 4.69) is 39.0 Å². The molecular formula is C17H18BrNO. The second-order valence-electron chi connectivity index (χ2n) is 5.07. The number of hydrogen-bond acceptors (Lipinski definition) is 2. The highest BCUT2D eigenvalue weighted by Gasteiger charge is 2.17. The van der Waals surface area contributed by atoms with Gasteiger partial charge in [0.15, 0.2) is 0 Å². The van der Waals surface area contributed by atoms with Gasteiger partial charge < -0.3 is 4.74 Å². The molecule has 1 aliphatic heterocycles. The number of benzene rings is 2. The number of para-hydroxylation sites is 1. The highest BCUT2D eigenvalue weighted by molar-refractivity contribution is 9.10. The lowest BCUT2D eigenvalue weighted by Crippen LogP contribution is -2.34. The summed E-state index contributed by atoms with van der Waals surface area (Å²) in [6.45, 7) is 3.83. The summed E-state index contributed by atoms with van der Waals surface area (Å²) in [6.07, 6.45) is 1.13. The number of hydrogen-bond donors (Lipinski definition) is 0. The van der Waals surface area contributed by atoms with Crippen LogP contribution in [0.4, 0.5) is 0 Å². The van der Waals surface area contributed by atoms with E-state index in [1.807, 2.05) is 30.3 Å². The average molecular weight is 332 g/mol. The normalized spacial score (nSPS) is 14.8. The maximum absolute atomic E-state index is 5.77. The predicted octanol–water partition coefficient (Wildman–Crippen LogP) is 3.89. The van der Waals surface area contributed by atoms with Gasteiger partial charge in [0.2, 0.25) is 0 Å². The Morgan fingerprint density at radius 1 is 1.05 bits per heavy atom. The number of nitrogens with zero attached hydrogens (tertiary/aromatic N) is 1. The Morgan fingerprint density at radius 3 is 2.75 bits per heavy atom. The summed E-state index contributed by atoms with van der Waals surface area (Å²) >= 11 is 3.66. The summed E-state index contributed by atoms with van der Waals surface area (Å²) in [5, 5.41) is 0. The van der Waals surface area contributed by atoms with E-state index in [1.165, 1.54) is 15.6 Å². The molecule has 3 rings (SSSR count). The summed E-state index contributed by atoms with van der Waals surface area (Å²) in [6, 6.07) is 16.5. The van der Waals surface area contributed by atoms with Crippen molar-refractivity contribution in [3.05, 3.63) is 64.1 Å². The van der Waals surface area contributed by atoms with E-state index in [1.54, 1.807) is 0 Å². The van der Waals surface area contributed by atoms with E-state index in [0.29, 0.717) is 0 Å². The Bertz CT molecular complexity index is 570. The van der Waals surface area contributed by atoms with Crippen molar-refractivity contribution < 1.29 is 4.74 Å². The van der Waals surface area contributed by atoms with Crippen LogP contribution >= 0.6 is 15.9 Å². The Hall–Kier alpha value is -1.32. The molecular weight excluding hydrogens is 314 g/mol. The van der Waals surface area contributed by atoms with Gasteiger partial charge in [0.05, 0.1) is 0 Å². The highest BCUT2D eigenvalue weighted by Crippen LogP contribution is 2.26. The van der Waals surface area contributed by atoms with Crippen molar-refractivity contribution in [2.75, 3.05) is 19.7 Å². The Morgan fingerprint density at radius 2 is 1.90 bits per heavy atom. The van der Waals surface area contributed by atoms with Gasteiger partial charge in [-0.2, -0.15) is 0 Å². The molecule has 104 valence electrons. The maximum Gasteiger partial charge on any atom is 0.119 e. The van der Waals surface area contributed by atoms with Gasteiger partial charge in [-0.3, -0.25) is 4.90 Å². The summed E-state index contributed by atoms with van der Waals surface area (Å²) < 4.78 is 7.00. The molecule has 20 heavy (non-hydrogen) atoms. The fourth-order valence-electron chi connectivity index (χ4n) is 2.60. The molecule has 0 spiro atoms. The van der Waals surface area contributed by atoms with Crippen LogP contribution in [0.3, 0.4) is 0 Å². The predicted molar refractivity (Wildman–Crippen MR) is 85.1 cm³/mol. The Kier molecular flexibility index (Phi) is 4.38. The summed E-state index contributed by atoms with van der Waals surface area (Å²) in [5.41, 5.74) is 2.90. The second kappa shape index (κ2) is 6.42. The first kappa shape index (κ1) is 13.7. The third kappa shape index (κ3) is 3.22. The molecule has 0 radical (unpaired) electrons. The first-order valence-electron chi connectivity index (χ1n) is 6.99. The van der Waals surface area contributed by atoms with Gasteiger partial charge >= 0.3 is 0 Å². The van der Waals surface area contributed by atoms with E-state index in [9.17, 15) is 0 Å². The van der Waals surface area contributed by atoms with Crippen molar-refractivity contribution in [1.29, 1.82) is 0 Å². The first-order valence-corrected chi connectivity index (χ1v) is 7.79. The zero-order chi connectivity index (χ0) is 13.8. The fraction of sp³-hybridized carbons (Fsp3) is 0.294. The molecule has 2 aromatic rings. The first-order chi connectivity index (χ1) is 9.83. The van der Waals surface area contributed by atoms with Crippen LogP contribution < -0.4 is 4.74 Å². The van der Waals surface area contributed by atoms with Crippen molar-refractivity contribution in [1.82, 2.24) is 4.90 Å². The molecule has 0 aromatic heterocycles. The second-order valence-corrected chi connectivity index (χ2v) is 5.92. The minimum atomic E-state index is 0.740. The lowest BCUT2D eigenvalue weighted by molar-refractivity contribution is 0.196. The van der Waals surface area contributed by atoms with E-state index >= 15 is 0 Å². The van der Waals surface area contributed by atoms with Crippen molar-refractivity contribution in [3.63, 3.8) is 0 Å². The fourth-order valence-corrected chi connectivity index (χ4v) is 3.13. The molecule has 1 heterocycles. The van der Waals surface area contributed by atoms with Crippen LogP contribution in [-0.2, 0) is 13.0 Å². The summed E-state index contributed by atoms with van der Waals surface area (Å²) in [5.74, 6) is 0.950. The number of fused-ring (bicyclic) bond motifs is 1. The van der Waals surface area contributed by atoms with Crippen LogP contribution in [0.2, 0.25) is 0 Å². The van der Waals surface area contributed by atoms with Crippen LogP contribution in [0.15, 0.2) is 53.0 Å². The maximum atomic E-state index is 5.77. The van der Waals surface area contributed by atoms with Crippen LogP contribution in [0.5, 0.6) is 5.75 Å². The van der Waals surface area contributed by atoms with Gasteiger partial charge in [-0.25, -0.2) is 0 Å². The number of halogens is 1. The largest absolute Gasteiger partial charge is 0.492 e. The zero-order valence-electron chi connectivity index (χ0n) is 11.4. The van der Waals surface area contributed by atoms with Gasteiger partial charge in [0.25, 0.3) is 0 Å². The molecule has 0 amide bonds. The molecule has 1 aliphatic rings. The minimum Gasteiger partial charge on any atom is -0.492 e. The van der Waals surface area contributed by atoms with Gasteiger partial charge in [0, 0.05) is 24.1 Å². The molecule has 2 nitrogen and oxygen atoms in total. The molecule has 0 N–H and O–H groups in total. The third-order valence-electron chi connectivity index (χ3n) is 3.71.